The van der Waals surface area contributed by atoms with Crippen molar-refractivity contribution in [1.29, 1.82) is 0 Å². The van der Waals surface area contributed by atoms with Crippen molar-refractivity contribution in [2.24, 2.45) is 5.41 Å². The maximum Gasteiger partial charge on any atom is 0.321 e. The van der Waals surface area contributed by atoms with Crippen LogP contribution in [0.3, 0.4) is 0 Å². The highest BCUT2D eigenvalue weighted by atomic mass is 16.6. The standard InChI is InChI=1S/C28H28O3/c1-27(2,24(18-19-29)21-12-6-3-7-13-21)25-20-28(26(30)31-25,22-14-8-4-9-15-22)23-16-10-5-11-17-23/h3-17,19,24-25H,18,20H2,1-2H3/t24-,25?/m1/s1. The average molecular weight is 413 g/mol. The van der Waals surface area contributed by atoms with Gasteiger partial charge < -0.3 is 9.53 Å². The van der Waals surface area contributed by atoms with Crippen molar-refractivity contribution in [3.63, 3.8) is 0 Å². The third-order valence-corrected chi connectivity index (χ3v) is 6.88. The Hall–Kier alpha value is -3.20. The Morgan fingerprint density at radius 1 is 0.903 bits per heavy atom. The van der Waals surface area contributed by atoms with E-state index in [4.69, 9.17) is 4.74 Å². The molecule has 1 saturated heterocycles. The summed E-state index contributed by atoms with van der Waals surface area (Å²) in [4.78, 5) is 25.2. The van der Waals surface area contributed by atoms with E-state index >= 15 is 0 Å². The third-order valence-electron chi connectivity index (χ3n) is 6.88. The summed E-state index contributed by atoms with van der Waals surface area (Å²) in [6.45, 7) is 4.22. The van der Waals surface area contributed by atoms with Crippen LogP contribution in [0.25, 0.3) is 0 Å². The van der Waals surface area contributed by atoms with Crippen LogP contribution in [-0.4, -0.2) is 18.4 Å². The molecule has 0 bridgehead atoms. The van der Waals surface area contributed by atoms with Crippen molar-refractivity contribution in [1.82, 2.24) is 0 Å². The predicted molar refractivity (Wildman–Crippen MR) is 122 cm³/mol. The topological polar surface area (TPSA) is 43.4 Å². The quantitative estimate of drug-likeness (QED) is 0.370. The number of hydrogen-bond donors (Lipinski definition) is 0. The lowest BCUT2D eigenvalue weighted by Crippen LogP contribution is -2.37. The Morgan fingerprint density at radius 2 is 1.39 bits per heavy atom. The van der Waals surface area contributed by atoms with Gasteiger partial charge in [-0.05, 0) is 22.6 Å². The number of esters is 1. The molecule has 3 aromatic carbocycles. The van der Waals surface area contributed by atoms with Crippen LogP contribution in [0.15, 0.2) is 91.0 Å². The minimum absolute atomic E-state index is 0.0497. The largest absolute Gasteiger partial charge is 0.461 e. The summed E-state index contributed by atoms with van der Waals surface area (Å²) in [7, 11) is 0. The highest BCUT2D eigenvalue weighted by Crippen LogP contribution is 2.52. The summed E-state index contributed by atoms with van der Waals surface area (Å²) in [5.41, 5.74) is 1.69. The Morgan fingerprint density at radius 3 is 1.87 bits per heavy atom. The van der Waals surface area contributed by atoms with Gasteiger partial charge in [0.25, 0.3) is 0 Å². The number of benzene rings is 3. The molecular weight excluding hydrogens is 384 g/mol. The highest BCUT2D eigenvalue weighted by Gasteiger charge is 2.56. The van der Waals surface area contributed by atoms with Crippen LogP contribution in [0, 0.1) is 5.41 Å². The maximum absolute atomic E-state index is 13.6. The molecule has 1 heterocycles. The zero-order chi connectivity index (χ0) is 21.9. The lowest BCUT2D eigenvalue weighted by atomic mass is 9.65. The van der Waals surface area contributed by atoms with Crippen LogP contribution in [0.2, 0.25) is 0 Å². The number of cyclic esters (lactones) is 1. The summed E-state index contributed by atoms with van der Waals surface area (Å²) in [6.07, 6.45) is 1.56. The first-order valence-electron chi connectivity index (χ1n) is 10.8. The Bertz CT molecular complexity index is 986. The fraction of sp³-hybridized carbons (Fsp3) is 0.286. The van der Waals surface area contributed by atoms with Gasteiger partial charge in [-0.2, -0.15) is 0 Å². The molecule has 0 spiro atoms. The molecule has 1 aliphatic heterocycles. The lowest BCUT2D eigenvalue weighted by Gasteiger charge is -2.38. The first-order chi connectivity index (χ1) is 15.0. The zero-order valence-electron chi connectivity index (χ0n) is 18.0. The van der Waals surface area contributed by atoms with Gasteiger partial charge >= 0.3 is 5.97 Å². The molecule has 0 aliphatic carbocycles. The number of ether oxygens (including phenoxy) is 1. The Labute approximate surface area is 184 Å². The zero-order valence-corrected chi connectivity index (χ0v) is 18.0. The molecule has 0 radical (unpaired) electrons. The minimum Gasteiger partial charge on any atom is -0.461 e. The van der Waals surface area contributed by atoms with Gasteiger partial charge in [0.05, 0.1) is 0 Å². The van der Waals surface area contributed by atoms with E-state index in [0.29, 0.717) is 12.8 Å². The van der Waals surface area contributed by atoms with Crippen molar-refractivity contribution < 1.29 is 14.3 Å². The molecule has 3 nitrogen and oxygen atoms in total. The molecule has 0 N–H and O–H groups in total. The van der Waals surface area contributed by atoms with Crippen molar-refractivity contribution in [2.75, 3.05) is 0 Å². The van der Waals surface area contributed by atoms with Crippen molar-refractivity contribution >= 4 is 12.3 Å². The molecule has 2 atom stereocenters. The first-order valence-corrected chi connectivity index (χ1v) is 10.8. The lowest BCUT2D eigenvalue weighted by molar-refractivity contribution is -0.148. The van der Waals surface area contributed by atoms with Crippen molar-refractivity contribution in [2.45, 2.75) is 44.1 Å². The molecule has 0 amide bonds. The van der Waals surface area contributed by atoms with Crippen LogP contribution in [0.5, 0.6) is 0 Å². The monoisotopic (exact) mass is 412 g/mol. The molecule has 0 saturated carbocycles. The third kappa shape index (κ3) is 3.69. The second-order valence-electron chi connectivity index (χ2n) is 8.92. The van der Waals surface area contributed by atoms with E-state index < -0.39 is 10.8 Å². The van der Waals surface area contributed by atoms with E-state index in [1.165, 1.54) is 0 Å². The highest BCUT2D eigenvalue weighted by molar-refractivity contribution is 5.89. The van der Waals surface area contributed by atoms with Gasteiger partial charge in [0, 0.05) is 18.3 Å². The maximum atomic E-state index is 13.6. The summed E-state index contributed by atoms with van der Waals surface area (Å²) < 4.78 is 6.14. The SMILES string of the molecule is CC(C)(C1CC(c2ccccc2)(c2ccccc2)C(=O)O1)[C@H](CC=O)c1ccccc1. The van der Waals surface area contributed by atoms with Gasteiger partial charge in [-0.25, -0.2) is 0 Å². The van der Waals surface area contributed by atoms with Gasteiger partial charge in [-0.15, -0.1) is 0 Å². The van der Waals surface area contributed by atoms with Gasteiger partial charge in [-0.3, -0.25) is 4.79 Å². The molecule has 4 rings (SSSR count). The molecule has 3 aromatic rings. The van der Waals surface area contributed by atoms with Gasteiger partial charge in [0.2, 0.25) is 0 Å². The fourth-order valence-corrected chi connectivity index (χ4v) is 5.01. The molecule has 31 heavy (non-hydrogen) atoms. The number of carbonyl (C=O) groups is 2. The number of carbonyl (C=O) groups excluding carboxylic acids is 2. The molecule has 0 aromatic heterocycles. The van der Waals surface area contributed by atoms with Crippen LogP contribution < -0.4 is 0 Å². The van der Waals surface area contributed by atoms with E-state index in [0.717, 1.165) is 23.0 Å². The Balaban J connectivity index is 1.78. The van der Waals surface area contributed by atoms with Crippen LogP contribution in [-0.2, 0) is 19.7 Å². The van der Waals surface area contributed by atoms with E-state index in [-0.39, 0.29) is 18.0 Å². The van der Waals surface area contributed by atoms with Crippen molar-refractivity contribution in [3.05, 3.63) is 108 Å². The van der Waals surface area contributed by atoms with Crippen LogP contribution in [0.4, 0.5) is 0 Å². The van der Waals surface area contributed by atoms with Crippen LogP contribution in [0.1, 0.15) is 49.3 Å². The summed E-state index contributed by atoms with van der Waals surface area (Å²) in [6, 6.07) is 29.8. The average Bonchev–Trinajstić information content (AvgIpc) is 3.18. The van der Waals surface area contributed by atoms with E-state index in [1.54, 1.807) is 0 Å². The van der Waals surface area contributed by atoms with Gasteiger partial charge in [-0.1, -0.05) is 105 Å². The smallest absolute Gasteiger partial charge is 0.321 e. The molecule has 158 valence electrons. The summed E-state index contributed by atoms with van der Waals surface area (Å²) in [5.74, 6) is -0.271. The summed E-state index contributed by atoms with van der Waals surface area (Å²) in [5, 5.41) is 0. The molecule has 3 heteroatoms. The fourth-order valence-electron chi connectivity index (χ4n) is 5.01. The Kier molecular flexibility index (Phi) is 5.77. The van der Waals surface area contributed by atoms with Crippen LogP contribution >= 0.6 is 0 Å². The second kappa shape index (κ2) is 8.50. The normalized spacial score (nSPS) is 18.9. The predicted octanol–water partition coefficient (Wildman–Crippen LogP) is 5.69. The second-order valence-corrected chi connectivity index (χ2v) is 8.92. The molecule has 1 aliphatic rings. The van der Waals surface area contributed by atoms with E-state index in [2.05, 4.69) is 13.8 Å². The molecular formula is C28H28O3. The van der Waals surface area contributed by atoms with E-state index in [9.17, 15) is 9.59 Å². The number of aldehydes is 1. The van der Waals surface area contributed by atoms with Gasteiger partial charge in [0.15, 0.2) is 0 Å². The summed E-state index contributed by atoms with van der Waals surface area (Å²) >= 11 is 0. The van der Waals surface area contributed by atoms with Crippen molar-refractivity contribution in [3.8, 4) is 0 Å². The number of hydrogen-bond acceptors (Lipinski definition) is 3. The molecule has 1 fully saturated rings. The molecule has 1 unspecified atom stereocenters. The first kappa shape index (κ1) is 21.0. The van der Waals surface area contributed by atoms with Gasteiger partial charge in [0.1, 0.15) is 17.8 Å². The number of rotatable bonds is 7. The minimum atomic E-state index is -0.854. The van der Waals surface area contributed by atoms with E-state index in [1.807, 2.05) is 91.0 Å².